The highest BCUT2D eigenvalue weighted by atomic mass is 16.5. The molecule has 0 radical (unpaired) electrons. The fourth-order valence-electron chi connectivity index (χ4n) is 2.37. The van der Waals surface area contributed by atoms with Gasteiger partial charge in [0.05, 0.1) is 12.8 Å². The molecular weight excluding hydrogens is 250 g/mol. The van der Waals surface area contributed by atoms with Crippen molar-refractivity contribution in [3.05, 3.63) is 60.3 Å². The average Bonchev–Trinajstić information content (AvgIpc) is 2.82. The standard InChI is InChI=1S/C17H17NO2/c1-18-14(11-13-7-3-4-8-15(13)18)12-20-17-10-6-5-9-16(17)19-2/h3-11H,12H2,1-2H3. The third kappa shape index (κ3) is 2.23. The highest BCUT2D eigenvalue weighted by molar-refractivity contribution is 5.81. The number of rotatable bonds is 4. The summed E-state index contributed by atoms with van der Waals surface area (Å²) in [7, 11) is 3.71. The van der Waals surface area contributed by atoms with Crippen LogP contribution in [0.3, 0.4) is 0 Å². The first-order valence-electron chi connectivity index (χ1n) is 6.59. The van der Waals surface area contributed by atoms with Gasteiger partial charge in [-0.3, -0.25) is 0 Å². The maximum Gasteiger partial charge on any atom is 0.161 e. The van der Waals surface area contributed by atoms with Gasteiger partial charge < -0.3 is 14.0 Å². The van der Waals surface area contributed by atoms with Crippen LogP contribution in [-0.4, -0.2) is 11.7 Å². The SMILES string of the molecule is COc1ccccc1OCc1cc2ccccc2n1C. The first-order valence-corrected chi connectivity index (χ1v) is 6.59. The van der Waals surface area contributed by atoms with E-state index in [1.165, 1.54) is 10.9 Å². The molecule has 0 N–H and O–H groups in total. The normalized spacial score (nSPS) is 10.7. The van der Waals surface area contributed by atoms with E-state index in [0.717, 1.165) is 17.2 Å². The number of hydrogen-bond acceptors (Lipinski definition) is 2. The van der Waals surface area contributed by atoms with E-state index in [1.54, 1.807) is 7.11 Å². The van der Waals surface area contributed by atoms with Crippen molar-refractivity contribution in [1.82, 2.24) is 4.57 Å². The largest absolute Gasteiger partial charge is 0.493 e. The number of methoxy groups -OCH3 is 1. The van der Waals surface area contributed by atoms with Crippen LogP contribution >= 0.6 is 0 Å². The van der Waals surface area contributed by atoms with E-state index in [0.29, 0.717) is 6.61 Å². The summed E-state index contributed by atoms with van der Waals surface area (Å²) in [5.41, 5.74) is 2.35. The molecule has 1 heterocycles. The fourth-order valence-corrected chi connectivity index (χ4v) is 2.37. The van der Waals surface area contributed by atoms with Crippen LogP contribution in [0.2, 0.25) is 0 Å². The second kappa shape index (κ2) is 5.29. The zero-order valence-electron chi connectivity index (χ0n) is 11.7. The Balaban J connectivity index is 1.85. The maximum absolute atomic E-state index is 5.88. The number of ether oxygens (including phenoxy) is 2. The van der Waals surface area contributed by atoms with Gasteiger partial charge in [-0.2, -0.15) is 0 Å². The van der Waals surface area contributed by atoms with Crippen LogP contribution < -0.4 is 9.47 Å². The molecule has 0 atom stereocenters. The van der Waals surface area contributed by atoms with Crippen molar-refractivity contribution >= 4 is 10.9 Å². The Morgan fingerprint density at radius 3 is 2.40 bits per heavy atom. The predicted molar refractivity (Wildman–Crippen MR) is 80.2 cm³/mol. The number of aryl methyl sites for hydroxylation is 1. The highest BCUT2D eigenvalue weighted by Gasteiger charge is 2.07. The van der Waals surface area contributed by atoms with E-state index < -0.39 is 0 Å². The summed E-state index contributed by atoms with van der Waals surface area (Å²) in [6.07, 6.45) is 0. The molecule has 3 nitrogen and oxygen atoms in total. The van der Waals surface area contributed by atoms with E-state index in [1.807, 2.05) is 36.4 Å². The van der Waals surface area contributed by atoms with Crippen molar-refractivity contribution in [3.8, 4) is 11.5 Å². The van der Waals surface area contributed by atoms with Gasteiger partial charge in [0, 0.05) is 12.6 Å². The summed E-state index contributed by atoms with van der Waals surface area (Å²) >= 11 is 0. The molecular formula is C17H17NO2. The van der Waals surface area contributed by atoms with Gasteiger partial charge in [-0.05, 0) is 29.7 Å². The molecule has 0 amide bonds. The molecule has 0 fully saturated rings. The van der Waals surface area contributed by atoms with Gasteiger partial charge in [0.1, 0.15) is 6.61 Å². The van der Waals surface area contributed by atoms with Gasteiger partial charge in [0.15, 0.2) is 11.5 Å². The van der Waals surface area contributed by atoms with Crippen LogP contribution in [-0.2, 0) is 13.7 Å². The van der Waals surface area contributed by atoms with E-state index >= 15 is 0 Å². The lowest BCUT2D eigenvalue weighted by Gasteiger charge is -2.10. The molecule has 0 saturated heterocycles. The van der Waals surface area contributed by atoms with Gasteiger partial charge in [0.2, 0.25) is 0 Å². The Labute approximate surface area is 118 Å². The van der Waals surface area contributed by atoms with Gasteiger partial charge in [0.25, 0.3) is 0 Å². The second-order valence-electron chi connectivity index (χ2n) is 4.69. The van der Waals surface area contributed by atoms with Crippen LogP contribution in [0.1, 0.15) is 5.69 Å². The van der Waals surface area contributed by atoms with Crippen LogP contribution in [0.5, 0.6) is 11.5 Å². The summed E-state index contributed by atoms with van der Waals surface area (Å²) in [4.78, 5) is 0. The number of aromatic nitrogens is 1. The first kappa shape index (κ1) is 12.6. The van der Waals surface area contributed by atoms with Crippen molar-refractivity contribution < 1.29 is 9.47 Å². The third-order valence-electron chi connectivity index (χ3n) is 3.50. The molecule has 2 aromatic carbocycles. The molecule has 102 valence electrons. The number of benzene rings is 2. The van der Waals surface area contributed by atoms with Crippen LogP contribution in [0.4, 0.5) is 0 Å². The Kier molecular flexibility index (Phi) is 3.33. The maximum atomic E-state index is 5.88. The first-order chi connectivity index (χ1) is 9.79. The molecule has 0 saturated carbocycles. The van der Waals surface area contributed by atoms with Gasteiger partial charge in [-0.1, -0.05) is 30.3 Å². The molecule has 20 heavy (non-hydrogen) atoms. The molecule has 0 aliphatic heterocycles. The smallest absolute Gasteiger partial charge is 0.161 e. The lowest BCUT2D eigenvalue weighted by molar-refractivity contribution is 0.278. The number of fused-ring (bicyclic) bond motifs is 1. The summed E-state index contributed by atoms with van der Waals surface area (Å²) in [6, 6.07) is 18.2. The minimum atomic E-state index is 0.519. The fraction of sp³-hybridized carbons (Fsp3) is 0.176. The molecule has 3 heteroatoms. The second-order valence-corrected chi connectivity index (χ2v) is 4.69. The minimum absolute atomic E-state index is 0.519. The minimum Gasteiger partial charge on any atom is -0.493 e. The van der Waals surface area contributed by atoms with E-state index in [4.69, 9.17) is 9.47 Å². The quantitative estimate of drug-likeness (QED) is 0.718. The summed E-state index contributed by atoms with van der Waals surface area (Å²) in [6.45, 7) is 0.519. The van der Waals surface area contributed by atoms with E-state index in [2.05, 4.69) is 29.8 Å². The third-order valence-corrected chi connectivity index (χ3v) is 3.50. The number of hydrogen-bond donors (Lipinski definition) is 0. The average molecular weight is 267 g/mol. The summed E-state index contributed by atoms with van der Waals surface area (Å²) in [5, 5.41) is 1.23. The van der Waals surface area contributed by atoms with E-state index in [9.17, 15) is 0 Å². The van der Waals surface area contributed by atoms with Crippen LogP contribution in [0, 0.1) is 0 Å². The van der Waals surface area contributed by atoms with Gasteiger partial charge in [-0.25, -0.2) is 0 Å². The van der Waals surface area contributed by atoms with Gasteiger partial charge in [-0.15, -0.1) is 0 Å². The molecule has 1 aromatic heterocycles. The number of nitrogens with zero attached hydrogens (tertiary/aromatic N) is 1. The monoisotopic (exact) mass is 267 g/mol. The number of para-hydroxylation sites is 3. The lowest BCUT2D eigenvalue weighted by atomic mass is 10.2. The lowest BCUT2D eigenvalue weighted by Crippen LogP contribution is -2.02. The molecule has 0 unspecified atom stereocenters. The van der Waals surface area contributed by atoms with Crippen molar-refractivity contribution in [2.45, 2.75) is 6.61 Å². The van der Waals surface area contributed by atoms with E-state index in [-0.39, 0.29) is 0 Å². The Morgan fingerprint density at radius 2 is 1.65 bits per heavy atom. The van der Waals surface area contributed by atoms with Crippen LogP contribution in [0.25, 0.3) is 10.9 Å². The van der Waals surface area contributed by atoms with Crippen molar-refractivity contribution in [2.24, 2.45) is 7.05 Å². The topological polar surface area (TPSA) is 23.4 Å². The van der Waals surface area contributed by atoms with Crippen molar-refractivity contribution in [1.29, 1.82) is 0 Å². The molecule has 0 aliphatic rings. The van der Waals surface area contributed by atoms with Crippen LogP contribution in [0.15, 0.2) is 54.6 Å². The Morgan fingerprint density at radius 1 is 0.950 bits per heavy atom. The highest BCUT2D eigenvalue weighted by Crippen LogP contribution is 2.27. The predicted octanol–water partition coefficient (Wildman–Crippen LogP) is 3.77. The van der Waals surface area contributed by atoms with Gasteiger partial charge >= 0.3 is 0 Å². The Bertz CT molecular complexity index is 731. The molecule has 0 bridgehead atoms. The van der Waals surface area contributed by atoms with Crippen molar-refractivity contribution in [2.75, 3.05) is 7.11 Å². The molecule has 3 aromatic rings. The van der Waals surface area contributed by atoms with Crippen molar-refractivity contribution in [3.63, 3.8) is 0 Å². The Hall–Kier alpha value is -2.42. The zero-order valence-corrected chi connectivity index (χ0v) is 11.7. The summed E-state index contributed by atoms with van der Waals surface area (Å²) < 4.78 is 13.3. The molecule has 3 rings (SSSR count). The molecule has 0 spiro atoms. The zero-order chi connectivity index (χ0) is 13.9. The summed E-state index contributed by atoms with van der Waals surface area (Å²) in [5.74, 6) is 1.52. The molecule has 0 aliphatic carbocycles.